The van der Waals surface area contributed by atoms with Crippen molar-refractivity contribution in [1.29, 1.82) is 5.26 Å². The number of hydrogen-bond acceptors (Lipinski definition) is 5. The molecule has 2 rings (SSSR count). The number of nitrogens with zero attached hydrogens (tertiary/aromatic N) is 1. The van der Waals surface area contributed by atoms with Crippen LogP contribution in [0.3, 0.4) is 0 Å². The predicted octanol–water partition coefficient (Wildman–Crippen LogP) is 3.40. The van der Waals surface area contributed by atoms with Crippen LogP contribution in [0.5, 0.6) is 0 Å². The maximum atomic E-state index is 11.8. The van der Waals surface area contributed by atoms with Gasteiger partial charge in [-0.05, 0) is 24.7 Å². The number of rotatable bonds is 6. The Hall–Kier alpha value is -1.54. The van der Waals surface area contributed by atoms with E-state index in [0.717, 1.165) is 18.0 Å². The van der Waals surface area contributed by atoms with Gasteiger partial charge in [-0.1, -0.05) is 13.8 Å². The van der Waals surface area contributed by atoms with Gasteiger partial charge >= 0.3 is 0 Å². The number of nitrogen functional groups attached to an aromatic ring is 1. The number of nitriles is 1. The molecule has 1 aliphatic rings. The highest BCUT2D eigenvalue weighted by Gasteiger charge is 2.40. The second-order valence-electron chi connectivity index (χ2n) is 5.14. The Kier molecular flexibility index (Phi) is 3.81. The number of nitrogens with two attached hydrogens (primary N) is 1. The number of ketones is 1. The van der Waals surface area contributed by atoms with E-state index in [-0.39, 0.29) is 5.78 Å². The first-order valence-electron chi connectivity index (χ1n) is 6.66. The van der Waals surface area contributed by atoms with Crippen molar-refractivity contribution in [2.24, 2.45) is 5.41 Å². The maximum Gasteiger partial charge on any atom is 0.174 e. The zero-order valence-corrected chi connectivity index (χ0v) is 12.2. The molecule has 5 heteroatoms. The summed E-state index contributed by atoms with van der Waals surface area (Å²) in [5.74, 6) is 0.00340. The zero-order chi connectivity index (χ0) is 14.0. The summed E-state index contributed by atoms with van der Waals surface area (Å²) in [6.45, 7) is 4.85. The maximum absolute atomic E-state index is 11.8. The van der Waals surface area contributed by atoms with Crippen LogP contribution < -0.4 is 11.1 Å². The quantitative estimate of drug-likeness (QED) is 0.781. The highest BCUT2D eigenvalue weighted by molar-refractivity contribution is 7.19. The van der Waals surface area contributed by atoms with Crippen LogP contribution in [0, 0.1) is 16.7 Å². The van der Waals surface area contributed by atoms with Crippen molar-refractivity contribution in [1.82, 2.24) is 0 Å². The molecule has 1 fully saturated rings. The van der Waals surface area contributed by atoms with Gasteiger partial charge in [-0.15, -0.1) is 11.3 Å². The van der Waals surface area contributed by atoms with Gasteiger partial charge in [0, 0.05) is 13.0 Å². The summed E-state index contributed by atoms with van der Waals surface area (Å²) in [5.41, 5.74) is 7.06. The minimum Gasteiger partial charge on any atom is -0.396 e. The molecule has 1 aromatic rings. The molecular formula is C14H19N3OS. The summed E-state index contributed by atoms with van der Waals surface area (Å²) in [6, 6.07) is 2.11. The number of nitrogens with one attached hydrogen (secondary N) is 1. The van der Waals surface area contributed by atoms with Gasteiger partial charge in [0.1, 0.15) is 16.6 Å². The second kappa shape index (κ2) is 5.22. The molecule has 0 radical (unpaired) electrons. The number of hydrogen-bond donors (Lipinski definition) is 2. The van der Waals surface area contributed by atoms with Gasteiger partial charge in [0.05, 0.1) is 10.6 Å². The Morgan fingerprint density at radius 3 is 2.68 bits per heavy atom. The summed E-state index contributed by atoms with van der Waals surface area (Å²) in [4.78, 5) is 12.3. The SMILES string of the molecule is CCC(=O)c1sc(NCC2(CC)CC2)c(C#N)c1N. The standard InChI is InChI=1S/C14H19N3OS/c1-3-10(18)12-11(16)9(7-15)13(19-12)17-8-14(4-2)5-6-14/h17H,3-6,8,16H2,1-2H3. The lowest BCUT2D eigenvalue weighted by atomic mass is 10.0. The summed E-state index contributed by atoms with van der Waals surface area (Å²) < 4.78 is 0. The normalized spacial score (nSPS) is 15.8. The van der Waals surface area contributed by atoms with Crippen LogP contribution in [0.1, 0.15) is 54.8 Å². The van der Waals surface area contributed by atoms with Crippen molar-refractivity contribution in [2.45, 2.75) is 39.5 Å². The van der Waals surface area contributed by atoms with Crippen LogP contribution in [-0.2, 0) is 0 Å². The molecule has 1 saturated carbocycles. The van der Waals surface area contributed by atoms with Gasteiger partial charge in [0.15, 0.2) is 5.78 Å². The van der Waals surface area contributed by atoms with E-state index in [2.05, 4.69) is 18.3 Å². The molecule has 0 spiro atoms. The lowest BCUT2D eigenvalue weighted by molar-refractivity contribution is 0.0993. The van der Waals surface area contributed by atoms with Gasteiger partial charge in [-0.2, -0.15) is 5.26 Å². The van der Waals surface area contributed by atoms with E-state index in [1.165, 1.54) is 24.2 Å². The third kappa shape index (κ3) is 2.59. The summed E-state index contributed by atoms with van der Waals surface area (Å²) in [7, 11) is 0. The molecule has 19 heavy (non-hydrogen) atoms. The summed E-state index contributed by atoms with van der Waals surface area (Å²) in [5, 5.41) is 13.3. The summed E-state index contributed by atoms with van der Waals surface area (Å²) >= 11 is 1.31. The molecule has 0 saturated heterocycles. The van der Waals surface area contributed by atoms with Crippen LogP contribution >= 0.6 is 11.3 Å². The molecule has 102 valence electrons. The molecule has 3 N–H and O–H groups in total. The predicted molar refractivity (Wildman–Crippen MR) is 78.5 cm³/mol. The largest absolute Gasteiger partial charge is 0.396 e. The van der Waals surface area contributed by atoms with E-state index >= 15 is 0 Å². The highest BCUT2D eigenvalue weighted by Crippen LogP contribution is 2.49. The third-order valence-electron chi connectivity index (χ3n) is 3.96. The molecule has 0 aliphatic heterocycles. The first kappa shape index (κ1) is 13.9. The fourth-order valence-electron chi connectivity index (χ4n) is 2.15. The van der Waals surface area contributed by atoms with Crippen molar-refractivity contribution in [3.8, 4) is 6.07 Å². The van der Waals surface area contributed by atoms with E-state index in [9.17, 15) is 10.1 Å². The number of Topliss-reactive ketones (excluding diaryl/α,β-unsaturated/α-hetero) is 1. The van der Waals surface area contributed by atoms with E-state index < -0.39 is 0 Å². The van der Waals surface area contributed by atoms with Gasteiger partial charge < -0.3 is 11.1 Å². The Morgan fingerprint density at radius 2 is 2.21 bits per heavy atom. The van der Waals surface area contributed by atoms with Crippen LogP contribution in [0.2, 0.25) is 0 Å². The smallest absolute Gasteiger partial charge is 0.174 e. The van der Waals surface area contributed by atoms with Crippen LogP contribution in [0.25, 0.3) is 0 Å². The molecule has 0 atom stereocenters. The van der Waals surface area contributed by atoms with Gasteiger partial charge in [0.2, 0.25) is 0 Å². The van der Waals surface area contributed by atoms with E-state index in [1.54, 1.807) is 6.92 Å². The summed E-state index contributed by atoms with van der Waals surface area (Å²) in [6.07, 6.45) is 4.03. The van der Waals surface area contributed by atoms with Crippen LogP contribution in [0.15, 0.2) is 0 Å². The number of thiophene rings is 1. The second-order valence-corrected chi connectivity index (χ2v) is 6.17. The molecule has 1 aromatic heterocycles. The van der Waals surface area contributed by atoms with Gasteiger partial charge in [-0.25, -0.2) is 0 Å². The van der Waals surface area contributed by atoms with Crippen molar-refractivity contribution in [3.05, 3.63) is 10.4 Å². The van der Waals surface area contributed by atoms with Crippen molar-refractivity contribution >= 4 is 27.8 Å². The Morgan fingerprint density at radius 1 is 1.53 bits per heavy atom. The molecule has 0 bridgehead atoms. The van der Waals surface area contributed by atoms with Crippen molar-refractivity contribution in [3.63, 3.8) is 0 Å². The third-order valence-corrected chi connectivity index (χ3v) is 5.17. The van der Waals surface area contributed by atoms with Crippen molar-refractivity contribution < 1.29 is 4.79 Å². The molecule has 4 nitrogen and oxygen atoms in total. The Labute approximate surface area is 117 Å². The average Bonchev–Trinajstić information content (AvgIpc) is 3.14. The van der Waals surface area contributed by atoms with E-state index in [1.807, 2.05) is 0 Å². The molecule has 1 aliphatic carbocycles. The van der Waals surface area contributed by atoms with Gasteiger partial charge in [0.25, 0.3) is 0 Å². The van der Waals surface area contributed by atoms with Crippen LogP contribution in [0.4, 0.5) is 10.7 Å². The fourth-order valence-corrected chi connectivity index (χ4v) is 3.22. The number of carbonyl (C=O) groups is 1. The number of anilines is 2. The topological polar surface area (TPSA) is 78.9 Å². The molecule has 0 unspecified atom stereocenters. The number of carbonyl (C=O) groups excluding carboxylic acids is 1. The van der Waals surface area contributed by atoms with Crippen molar-refractivity contribution in [2.75, 3.05) is 17.6 Å². The average molecular weight is 277 g/mol. The highest BCUT2D eigenvalue weighted by atomic mass is 32.1. The Balaban J connectivity index is 2.20. The molecule has 1 heterocycles. The lowest BCUT2D eigenvalue weighted by Gasteiger charge is -2.13. The van der Waals surface area contributed by atoms with Gasteiger partial charge in [-0.3, -0.25) is 4.79 Å². The Bertz CT molecular complexity index is 538. The molecular weight excluding hydrogens is 258 g/mol. The first-order valence-corrected chi connectivity index (χ1v) is 7.48. The van der Waals surface area contributed by atoms with Crippen LogP contribution in [-0.4, -0.2) is 12.3 Å². The van der Waals surface area contributed by atoms with E-state index in [4.69, 9.17) is 5.73 Å². The monoisotopic (exact) mass is 277 g/mol. The lowest BCUT2D eigenvalue weighted by Crippen LogP contribution is -2.14. The zero-order valence-electron chi connectivity index (χ0n) is 11.4. The van der Waals surface area contributed by atoms with E-state index in [0.29, 0.717) is 28.0 Å². The molecule has 0 aromatic carbocycles. The fraction of sp³-hybridized carbons (Fsp3) is 0.571. The minimum absolute atomic E-state index is 0.00340. The minimum atomic E-state index is 0.00340. The first-order chi connectivity index (χ1) is 9.06. The molecule has 0 amide bonds.